The monoisotopic (exact) mass is 428 g/mol. The van der Waals surface area contributed by atoms with Gasteiger partial charge in [0.25, 0.3) is 0 Å². The minimum Gasteiger partial charge on any atom is -0.399 e. The zero-order chi connectivity index (χ0) is 22.3. The standard InChI is InChI=1S/C24H34BFN2O3/c1-22(2)19-8-7-15(25-30-23(3,4)24(5,6)31-25)11-20(19)28(21(22)29)18-12-17(13-18)27-10-9-16(26)14-27/h7-8,11,16-18H,9-10,12-14H2,1-6H3/t16-,17?,18?/m0/s1. The molecule has 1 aromatic carbocycles. The third-order valence-electron chi connectivity index (χ3n) is 8.37. The van der Waals surface area contributed by atoms with Gasteiger partial charge in [-0.15, -0.1) is 0 Å². The summed E-state index contributed by atoms with van der Waals surface area (Å²) < 4.78 is 26.1. The molecule has 2 saturated heterocycles. The summed E-state index contributed by atoms with van der Waals surface area (Å²) in [5.41, 5.74) is 1.63. The highest BCUT2D eigenvalue weighted by molar-refractivity contribution is 6.62. The van der Waals surface area contributed by atoms with Gasteiger partial charge in [-0.2, -0.15) is 0 Å². The van der Waals surface area contributed by atoms with Crippen molar-refractivity contribution < 1.29 is 18.5 Å². The van der Waals surface area contributed by atoms with E-state index < -0.39 is 29.9 Å². The van der Waals surface area contributed by atoms with Crippen LogP contribution in [0.15, 0.2) is 18.2 Å². The summed E-state index contributed by atoms with van der Waals surface area (Å²) in [7, 11) is -0.448. The summed E-state index contributed by atoms with van der Waals surface area (Å²) in [4.78, 5) is 17.7. The first-order valence-electron chi connectivity index (χ1n) is 11.6. The number of hydrogen-bond acceptors (Lipinski definition) is 4. The van der Waals surface area contributed by atoms with E-state index in [2.05, 4.69) is 17.0 Å². The Kier molecular flexibility index (Phi) is 4.69. The lowest BCUT2D eigenvalue weighted by Gasteiger charge is -2.45. The number of hydrogen-bond donors (Lipinski definition) is 0. The van der Waals surface area contributed by atoms with Crippen LogP contribution < -0.4 is 10.4 Å². The van der Waals surface area contributed by atoms with Crippen LogP contribution >= 0.6 is 0 Å². The number of carbonyl (C=O) groups is 1. The molecule has 1 atom stereocenters. The van der Waals surface area contributed by atoms with Crippen LogP contribution in [0.5, 0.6) is 0 Å². The summed E-state index contributed by atoms with van der Waals surface area (Å²) >= 11 is 0. The van der Waals surface area contributed by atoms with E-state index in [1.165, 1.54) is 0 Å². The van der Waals surface area contributed by atoms with Crippen molar-refractivity contribution in [1.29, 1.82) is 0 Å². The lowest BCUT2D eigenvalue weighted by Crippen LogP contribution is -2.56. The topological polar surface area (TPSA) is 42.0 Å². The maximum absolute atomic E-state index is 13.6. The zero-order valence-electron chi connectivity index (χ0n) is 19.6. The molecule has 0 spiro atoms. The normalized spacial score (nSPS) is 33.6. The maximum atomic E-state index is 13.6. The van der Waals surface area contributed by atoms with Crippen LogP contribution in [0.3, 0.4) is 0 Å². The highest BCUT2D eigenvalue weighted by atomic mass is 19.1. The Labute approximate surface area is 185 Å². The third-order valence-corrected chi connectivity index (χ3v) is 8.37. The molecule has 1 aliphatic carbocycles. The fraction of sp³-hybridized carbons (Fsp3) is 0.708. The number of fused-ring (bicyclic) bond motifs is 1. The van der Waals surface area contributed by atoms with Gasteiger partial charge in [-0.25, -0.2) is 4.39 Å². The van der Waals surface area contributed by atoms with E-state index in [-0.39, 0.29) is 11.9 Å². The zero-order valence-corrected chi connectivity index (χ0v) is 19.6. The largest absolute Gasteiger partial charge is 0.494 e. The van der Waals surface area contributed by atoms with E-state index in [0.717, 1.165) is 36.1 Å². The molecular weight excluding hydrogens is 394 g/mol. The molecule has 5 rings (SSSR count). The van der Waals surface area contributed by atoms with Gasteiger partial charge in [0.1, 0.15) is 6.17 Å². The van der Waals surface area contributed by atoms with Crippen LogP contribution in [0.2, 0.25) is 0 Å². The first kappa shape index (κ1) is 21.4. The van der Waals surface area contributed by atoms with Crippen molar-refractivity contribution in [3.05, 3.63) is 23.8 Å². The van der Waals surface area contributed by atoms with Gasteiger partial charge in [0.2, 0.25) is 5.91 Å². The number of carbonyl (C=O) groups excluding carboxylic acids is 1. The van der Waals surface area contributed by atoms with Crippen molar-refractivity contribution in [2.45, 2.75) is 95.7 Å². The maximum Gasteiger partial charge on any atom is 0.494 e. The first-order chi connectivity index (χ1) is 14.4. The molecule has 5 nitrogen and oxygen atoms in total. The first-order valence-corrected chi connectivity index (χ1v) is 11.6. The molecule has 7 heteroatoms. The van der Waals surface area contributed by atoms with Crippen LogP contribution in [0.4, 0.5) is 10.1 Å². The van der Waals surface area contributed by atoms with E-state index in [1.54, 1.807) is 0 Å². The minimum absolute atomic E-state index is 0.154. The summed E-state index contributed by atoms with van der Waals surface area (Å²) in [6.07, 6.45) is 1.76. The number of amides is 1. The van der Waals surface area contributed by atoms with Crippen molar-refractivity contribution in [1.82, 2.24) is 4.90 Å². The number of benzene rings is 1. The van der Waals surface area contributed by atoms with Gasteiger partial charge in [0.05, 0.1) is 16.6 Å². The number of alkyl halides is 1. The van der Waals surface area contributed by atoms with Gasteiger partial charge in [-0.05, 0) is 77.9 Å². The molecule has 3 aliphatic heterocycles. The summed E-state index contributed by atoms with van der Waals surface area (Å²) in [5, 5.41) is 0. The molecule has 0 N–H and O–H groups in total. The van der Waals surface area contributed by atoms with Crippen molar-refractivity contribution >= 4 is 24.2 Å². The highest BCUT2D eigenvalue weighted by Crippen LogP contribution is 2.46. The molecule has 3 fully saturated rings. The van der Waals surface area contributed by atoms with E-state index >= 15 is 0 Å². The fourth-order valence-electron chi connectivity index (χ4n) is 5.43. The van der Waals surface area contributed by atoms with E-state index in [4.69, 9.17) is 9.31 Å². The van der Waals surface area contributed by atoms with Gasteiger partial charge >= 0.3 is 7.12 Å². The lowest BCUT2D eigenvalue weighted by atomic mass is 9.76. The molecule has 0 bridgehead atoms. The highest BCUT2D eigenvalue weighted by Gasteiger charge is 2.54. The minimum atomic E-state index is -0.699. The third kappa shape index (κ3) is 3.18. The Morgan fingerprint density at radius 2 is 1.68 bits per heavy atom. The Morgan fingerprint density at radius 3 is 2.26 bits per heavy atom. The van der Waals surface area contributed by atoms with Gasteiger partial charge < -0.3 is 14.2 Å². The molecule has 0 radical (unpaired) electrons. The van der Waals surface area contributed by atoms with E-state index in [0.29, 0.717) is 19.0 Å². The molecule has 1 amide bonds. The summed E-state index contributed by atoms with van der Waals surface area (Å²) in [6.45, 7) is 13.6. The predicted octanol–water partition coefficient (Wildman–Crippen LogP) is 3.18. The summed E-state index contributed by atoms with van der Waals surface area (Å²) in [6, 6.07) is 6.75. The average molecular weight is 428 g/mol. The van der Waals surface area contributed by atoms with E-state index in [9.17, 15) is 9.18 Å². The predicted molar refractivity (Wildman–Crippen MR) is 121 cm³/mol. The quantitative estimate of drug-likeness (QED) is 0.694. The van der Waals surface area contributed by atoms with Crippen molar-refractivity contribution in [2.24, 2.45) is 0 Å². The molecule has 1 saturated carbocycles. The van der Waals surface area contributed by atoms with Gasteiger partial charge in [0.15, 0.2) is 0 Å². The van der Waals surface area contributed by atoms with Crippen LogP contribution in [-0.2, 0) is 19.5 Å². The Balaban J connectivity index is 1.40. The fourth-order valence-corrected chi connectivity index (χ4v) is 5.43. The van der Waals surface area contributed by atoms with Gasteiger partial charge in [-0.3, -0.25) is 9.69 Å². The smallest absolute Gasteiger partial charge is 0.399 e. The van der Waals surface area contributed by atoms with Crippen LogP contribution in [-0.4, -0.2) is 60.5 Å². The Morgan fingerprint density at radius 1 is 1.03 bits per heavy atom. The van der Waals surface area contributed by atoms with Gasteiger partial charge in [-0.1, -0.05) is 12.1 Å². The number of anilines is 1. The van der Waals surface area contributed by atoms with Crippen molar-refractivity contribution in [3.8, 4) is 0 Å². The summed E-state index contributed by atoms with van der Waals surface area (Å²) in [5.74, 6) is 0.154. The van der Waals surface area contributed by atoms with Crippen molar-refractivity contribution in [3.63, 3.8) is 0 Å². The SMILES string of the molecule is CC1(C)C(=O)N(C2CC(N3CC[C@H](F)C3)C2)c2cc(B3OC(C)(C)C(C)(C)O3)ccc21. The van der Waals surface area contributed by atoms with Gasteiger partial charge in [0, 0.05) is 30.9 Å². The van der Waals surface area contributed by atoms with Crippen LogP contribution in [0.25, 0.3) is 0 Å². The van der Waals surface area contributed by atoms with Crippen LogP contribution in [0, 0.1) is 0 Å². The Bertz CT molecular complexity index is 896. The van der Waals surface area contributed by atoms with Crippen LogP contribution in [0.1, 0.15) is 66.4 Å². The molecular formula is C24H34BFN2O3. The second kappa shape index (κ2) is 6.78. The molecule has 168 valence electrons. The molecule has 0 aromatic heterocycles. The lowest BCUT2D eigenvalue weighted by molar-refractivity contribution is -0.123. The molecule has 4 aliphatic rings. The Hall–Kier alpha value is -1.44. The number of halogens is 1. The van der Waals surface area contributed by atoms with E-state index in [1.807, 2.05) is 52.5 Å². The number of rotatable bonds is 3. The molecule has 3 heterocycles. The molecule has 1 aromatic rings. The average Bonchev–Trinajstić information content (AvgIpc) is 3.21. The number of likely N-dealkylation sites (tertiary alicyclic amines) is 1. The molecule has 0 unspecified atom stereocenters. The molecule has 31 heavy (non-hydrogen) atoms. The van der Waals surface area contributed by atoms with Crippen molar-refractivity contribution in [2.75, 3.05) is 18.0 Å². The number of nitrogens with zero attached hydrogens (tertiary/aromatic N) is 2. The second-order valence-electron chi connectivity index (χ2n) is 11.3. The second-order valence-corrected chi connectivity index (χ2v) is 11.3.